The first-order chi connectivity index (χ1) is 9.66. The van der Waals surface area contributed by atoms with E-state index in [-0.39, 0.29) is 16.7 Å². The van der Waals surface area contributed by atoms with Crippen LogP contribution in [0.2, 0.25) is 0 Å². The molecule has 1 amide bonds. The molecule has 106 valence electrons. The van der Waals surface area contributed by atoms with Crippen molar-refractivity contribution in [3.05, 3.63) is 40.4 Å². The normalized spacial score (nSPS) is 25.4. The number of piperazine rings is 1. The summed E-state index contributed by atoms with van der Waals surface area (Å²) in [6, 6.07) is 9.45. The fourth-order valence-electron chi connectivity index (χ4n) is 2.74. The topological polar surface area (TPSA) is 66.7 Å². The fourth-order valence-corrected chi connectivity index (χ4v) is 2.74. The lowest BCUT2D eigenvalue weighted by molar-refractivity contribution is -0.497. The standard InChI is InChI=1S/C14H17N3O3/c18-14(12-10-13(12)17(19)20)16-8-6-15(7-9-16)11-4-2-1-3-5-11/h1-5,12-13H,6-10H2/t12-,13+/m0/s1. The molecule has 1 aliphatic carbocycles. The van der Waals surface area contributed by atoms with Crippen molar-refractivity contribution in [2.45, 2.75) is 12.5 Å². The van der Waals surface area contributed by atoms with Crippen molar-refractivity contribution in [2.24, 2.45) is 5.92 Å². The van der Waals surface area contributed by atoms with Crippen molar-refractivity contribution in [3.8, 4) is 0 Å². The van der Waals surface area contributed by atoms with Gasteiger partial charge in [-0.05, 0) is 12.1 Å². The van der Waals surface area contributed by atoms with E-state index in [0.29, 0.717) is 19.5 Å². The molecule has 1 aliphatic heterocycles. The maximum Gasteiger partial charge on any atom is 0.233 e. The van der Waals surface area contributed by atoms with Crippen LogP contribution in [0, 0.1) is 16.0 Å². The molecule has 1 saturated carbocycles. The van der Waals surface area contributed by atoms with Crippen LogP contribution in [0.25, 0.3) is 0 Å². The van der Waals surface area contributed by atoms with E-state index >= 15 is 0 Å². The van der Waals surface area contributed by atoms with Gasteiger partial charge in [-0.2, -0.15) is 0 Å². The van der Waals surface area contributed by atoms with Gasteiger partial charge < -0.3 is 9.80 Å². The molecule has 0 spiro atoms. The lowest BCUT2D eigenvalue weighted by atomic mass is 10.2. The van der Waals surface area contributed by atoms with E-state index in [4.69, 9.17) is 0 Å². The van der Waals surface area contributed by atoms with Gasteiger partial charge >= 0.3 is 0 Å². The Balaban J connectivity index is 1.54. The van der Waals surface area contributed by atoms with Crippen LogP contribution < -0.4 is 4.90 Å². The van der Waals surface area contributed by atoms with Gasteiger partial charge in [0.25, 0.3) is 0 Å². The molecule has 6 nitrogen and oxygen atoms in total. The van der Waals surface area contributed by atoms with Crippen molar-refractivity contribution in [1.82, 2.24) is 4.90 Å². The van der Waals surface area contributed by atoms with E-state index in [2.05, 4.69) is 17.0 Å². The summed E-state index contributed by atoms with van der Waals surface area (Å²) in [5.41, 5.74) is 1.16. The van der Waals surface area contributed by atoms with Crippen molar-refractivity contribution in [2.75, 3.05) is 31.1 Å². The molecule has 0 aromatic heterocycles. The Morgan fingerprint density at radius 3 is 2.35 bits per heavy atom. The van der Waals surface area contributed by atoms with E-state index in [9.17, 15) is 14.9 Å². The molecular weight excluding hydrogens is 258 g/mol. The van der Waals surface area contributed by atoms with Gasteiger partial charge in [0.2, 0.25) is 11.9 Å². The Kier molecular flexibility index (Phi) is 3.30. The van der Waals surface area contributed by atoms with Gasteiger partial charge in [0.15, 0.2) is 0 Å². The molecule has 2 fully saturated rings. The predicted molar refractivity (Wildman–Crippen MR) is 74.1 cm³/mol. The second kappa shape index (κ2) is 5.11. The average Bonchev–Trinajstić information content (AvgIpc) is 3.28. The van der Waals surface area contributed by atoms with Crippen molar-refractivity contribution in [1.29, 1.82) is 0 Å². The molecule has 0 radical (unpaired) electrons. The molecule has 1 heterocycles. The monoisotopic (exact) mass is 275 g/mol. The summed E-state index contributed by atoms with van der Waals surface area (Å²) in [5.74, 6) is -0.423. The SMILES string of the molecule is O=C([C@H]1C[C@H]1[N+](=O)[O-])N1CCN(c2ccccc2)CC1. The van der Waals surface area contributed by atoms with Gasteiger partial charge in [0.1, 0.15) is 5.92 Å². The second-order valence-corrected chi connectivity index (χ2v) is 5.34. The highest BCUT2D eigenvalue weighted by Gasteiger charge is 2.54. The maximum atomic E-state index is 12.1. The lowest BCUT2D eigenvalue weighted by Crippen LogP contribution is -2.49. The van der Waals surface area contributed by atoms with Crippen LogP contribution in [0.5, 0.6) is 0 Å². The quantitative estimate of drug-likeness (QED) is 0.609. The number of benzene rings is 1. The molecule has 1 aromatic rings. The summed E-state index contributed by atoms with van der Waals surface area (Å²) >= 11 is 0. The Morgan fingerprint density at radius 2 is 1.80 bits per heavy atom. The number of rotatable bonds is 3. The molecule has 3 rings (SSSR count). The number of carbonyl (C=O) groups is 1. The average molecular weight is 275 g/mol. The number of carbonyl (C=O) groups excluding carboxylic acids is 1. The number of amides is 1. The molecule has 0 N–H and O–H groups in total. The summed E-state index contributed by atoms with van der Waals surface area (Å²) in [7, 11) is 0. The summed E-state index contributed by atoms with van der Waals surface area (Å²) in [6.07, 6.45) is 0.407. The van der Waals surface area contributed by atoms with Crippen LogP contribution in [-0.4, -0.2) is 48.0 Å². The minimum absolute atomic E-state index is 0.0422. The van der Waals surface area contributed by atoms with Gasteiger partial charge in [-0.1, -0.05) is 18.2 Å². The van der Waals surface area contributed by atoms with Gasteiger partial charge in [-0.25, -0.2) is 0 Å². The smallest absolute Gasteiger partial charge is 0.233 e. The maximum absolute atomic E-state index is 12.1. The lowest BCUT2D eigenvalue weighted by Gasteiger charge is -2.36. The fraction of sp³-hybridized carbons (Fsp3) is 0.500. The molecule has 0 bridgehead atoms. The first-order valence-electron chi connectivity index (χ1n) is 6.89. The van der Waals surface area contributed by atoms with Gasteiger partial charge in [-0.15, -0.1) is 0 Å². The van der Waals surface area contributed by atoms with E-state index in [1.165, 1.54) is 0 Å². The summed E-state index contributed by atoms with van der Waals surface area (Å²) in [4.78, 5) is 26.4. The minimum atomic E-state index is -0.644. The minimum Gasteiger partial charge on any atom is -0.368 e. The van der Waals surface area contributed by atoms with E-state index in [0.717, 1.165) is 18.8 Å². The Hall–Kier alpha value is -2.11. The number of hydrogen-bond donors (Lipinski definition) is 0. The highest BCUT2D eigenvalue weighted by molar-refractivity contribution is 5.82. The highest BCUT2D eigenvalue weighted by Crippen LogP contribution is 2.35. The second-order valence-electron chi connectivity index (χ2n) is 5.34. The molecule has 0 unspecified atom stereocenters. The molecular formula is C14H17N3O3. The first-order valence-corrected chi connectivity index (χ1v) is 6.89. The molecule has 6 heteroatoms. The Labute approximate surface area is 117 Å². The van der Waals surface area contributed by atoms with Gasteiger partial charge in [-0.3, -0.25) is 14.9 Å². The zero-order valence-electron chi connectivity index (χ0n) is 11.1. The molecule has 2 aliphatic rings. The Morgan fingerprint density at radius 1 is 1.15 bits per heavy atom. The van der Waals surface area contributed by atoms with Crippen LogP contribution in [0.1, 0.15) is 6.42 Å². The van der Waals surface area contributed by atoms with Crippen LogP contribution in [0.4, 0.5) is 5.69 Å². The predicted octanol–water partition coefficient (Wildman–Crippen LogP) is 1.00. The summed E-state index contributed by atoms with van der Waals surface area (Å²) in [6.45, 7) is 2.86. The summed E-state index contributed by atoms with van der Waals surface area (Å²) < 4.78 is 0. The number of anilines is 1. The van der Waals surface area contributed by atoms with Crippen molar-refractivity contribution in [3.63, 3.8) is 0 Å². The third-order valence-corrected chi connectivity index (χ3v) is 4.06. The summed E-state index contributed by atoms with van der Waals surface area (Å²) in [5, 5.41) is 10.6. The van der Waals surface area contributed by atoms with Crippen LogP contribution >= 0.6 is 0 Å². The number of nitro groups is 1. The van der Waals surface area contributed by atoms with Crippen LogP contribution in [-0.2, 0) is 4.79 Å². The van der Waals surface area contributed by atoms with Crippen LogP contribution in [0.15, 0.2) is 30.3 Å². The van der Waals surface area contributed by atoms with Gasteiger partial charge in [0.05, 0.1) is 0 Å². The number of hydrogen-bond acceptors (Lipinski definition) is 4. The van der Waals surface area contributed by atoms with Gasteiger partial charge in [0, 0.05) is 43.2 Å². The van der Waals surface area contributed by atoms with Crippen molar-refractivity contribution < 1.29 is 9.72 Å². The van der Waals surface area contributed by atoms with E-state index in [1.54, 1.807) is 4.90 Å². The largest absolute Gasteiger partial charge is 0.368 e. The molecule has 1 saturated heterocycles. The highest BCUT2D eigenvalue weighted by atomic mass is 16.6. The Bertz CT molecular complexity index is 512. The number of para-hydroxylation sites is 1. The number of nitrogens with zero attached hydrogens (tertiary/aromatic N) is 3. The zero-order valence-corrected chi connectivity index (χ0v) is 11.1. The van der Waals surface area contributed by atoms with E-state index in [1.807, 2.05) is 18.2 Å². The molecule has 20 heavy (non-hydrogen) atoms. The van der Waals surface area contributed by atoms with Crippen molar-refractivity contribution >= 4 is 11.6 Å². The van der Waals surface area contributed by atoms with Crippen LogP contribution in [0.3, 0.4) is 0 Å². The first kappa shape index (κ1) is 12.9. The molecule has 1 aromatic carbocycles. The third-order valence-electron chi connectivity index (χ3n) is 4.06. The molecule has 2 atom stereocenters. The van der Waals surface area contributed by atoms with E-state index < -0.39 is 6.04 Å². The zero-order chi connectivity index (χ0) is 14.1. The third kappa shape index (κ3) is 2.45.